The average Bonchev–Trinajstić information content (AvgIpc) is 2.95. The van der Waals surface area contributed by atoms with Crippen molar-refractivity contribution in [3.8, 4) is 0 Å². The molecule has 152 valence electrons. The van der Waals surface area contributed by atoms with Crippen LogP contribution in [0.1, 0.15) is 37.3 Å². The lowest BCUT2D eigenvalue weighted by molar-refractivity contribution is -0.150. The minimum absolute atomic E-state index is 0.124. The maximum Gasteiger partial charge on any atom is 0.417 e. The van der Waals surface area contributed by atoms with Gasteiger partial charge in [0.1, 0.15) is 0 Å². The monoisotopic (exact) mass is 417 g/mol. The summed E-state index contributed by atoms with van der Waals surface area (Å²) < 4.78 is 45.7. The van der Waals surface area contributed by atoms with Crippen LogP contribution < -0.4 is 5.69 Å². The van der Waals surface area contributed by atoms with Crippen LogP contribution in [0.2, 0.25) is 5.02 Å². The summed E-state index contributed by atoms with van der Waals surface area (Å²) in [5, 5.41) is -0.425. The Morgan fingerprint density at radius 3 is 2.46 bits per heavy atom. The first-order valence-corrected chi connectivity index (χ1v) is 9.52. The normalized spacial score (nSPS) is 22.6. The van der Waals surface area contributed by atoms with E-state index in [-0.39, 0.29) is 23.6 Å². The number of aromatic nitrogens is 2. The van der Waals surface area contributed by atoms with E-state index in [0.29, 0.717) is 44.5 Å². The van der Waals surface area contributed by atoms with Crippen LogP contribution in [-0.4, -0.2) is 46.2 Å². The number of carbonyl (C=O) groups is 1. The van der Waals surface area contributed by atoms with E-state index in [1.807, 2.05) is 0 Å². The largest absolute Gasteiger partial charge is 0.466 e. The second kappa shape index (κ2) is 7.11. The molecule has 2 aliphatic heterocycles. The van der Waals surface area contributed by atoms with Crippen molar-refractivity contribution in [3.05, 3.63) is 33.2 Å². The number of hydrogen-bond acceptors (Lipinski definition) is 4. The topological polar surface area (TPSA) is 67.3 Å². The van der Waals surface area contributed by atoms with Gasteiger partial charge in [0.15, 0.2) is 0 Å². The highest BCUT2D eigenvalue weighted by Crippen LogP contribution is 2.37. The highest BCUT2D eigenvalue weighted by atomic mass is 35.5. The van der Waals surface area contributed by atoms with Gasteiger partial charge in [-0.25, -0.2) is 4.79 Å². The number of likely N-dealkylation sites (tertiary alicyclic amines) is 1. The highest BCUT2D eigenvalue weighted by molar-refractivity contribution is 6.32. The minimum Gasteiger partial charge on any atom is -0.466 e. The highest BCUT2D eigenvalue weighted by Gasteiger charge is 2.35. The third-order valence-electron chi connectivity index (χ3n) is 5.61. The van der Waals surface area contributed by atoms with Crippen LogP contribution in [0.5, 0.6) is 0 Å². The molecule has 1 atom stereocenters. The predicted molar refractivity (Wildman–Crippen MR) is 96.4 cm³/mol. The summed E-state index contributed by atoms with van der Waals surface area (Å²) in [6.07, 6.45) is -2.10. The van der Waals surface area contributed by atoms with E-state index in [4.69, 9.17) is 16.3 Å². The molecule has 10 heteroatoms. The molecule has 1 aromatic carbocycles. The van der Waals surface area contributed by atoms with Crippen LogP contribution in [0.25, 0.3) is 11.0 Å². The number of imidazole rings is 1. The molecule has 1 unspecified atom stereocenters. The number of halogens is 4. The molecule has 1 aromatic heterocycles. The Kier molecular flexibility index (Phi) is 4.91. The average molecular weight is 418 g/mol. The lowest BCUT2D eigenvalue weighted by Gasteiger charge is -2.38. The molecule has 2 aliphatic rings. The first-order chi connectivity index (χ1) is 13.2. The van der Waals surface area contributed by atoms with Crippen molar-refractivity contribution in [2.45, 2.75) is 43.9 Å². The molecule has 28 heavy (non-hydrogen) atoms. The van der Waals surface area contributed by atoms with Gasteiger partial charge in [0.2, 0.25) is 0 Å². The summed E-state index contributed by atoms with van der Waals surface area (Å²) in [7, 11) is 0. The second-order valence-corrected chi connectivity index (χ2v) is 7.69. The van der Waals surface area contributed by atoms with Gasteiger partial charge >= 0.3 is 17.8 Å². The Bertz CT molecular complexity index is 961. The number of fused-ring (bicyclic) bond motifs is 1. The van der Waals surface area contributed by atoms with Crippen molar-refractivity contribution in [3.63, 3.8) is 0 Å². The van der Waals surface area contributed by atoms with E-state index in [2.05, 4.69) is 9.88 Å². The molecule has 6 nitrogen and oxygen atoms in total. The Balaban J connectivity index is 1.57. The zero-order valence-corrected chi connectivity index (χ0v) is 15.6. The molecule has 0 aliphatic carbocycles. The van der Waals surface area contributed by atoms with Crippen molar-refractivity contribution in [2.24, 2.45) is 0 Å². The zero-order chi connectivity index (χ0) is 20.1. The Labute approximate surface area is 163 Å². The lowest BCUT2D eigenvalue weighted by Crippen LogP contribution is -2.46. The van der Waals surface area contributed by atoms with Gasteiger partial charge in [-0.3, -0.25) is 14.3 Å². The summed E-state index contributed by atoms with van der Waals surface area (Å²) in [6, 6.07) is 2.10. The molecular weight excluding hydrogens is 399 g/mol. The van der Waals surface area contributed by atoms with Crippen molar-refractivity contribution < 1.29 is 22.7 Å². The number of benzene rings is 1. The minimum atomic E-state index is -4.59. The van der Waals surface area contributed by atoms with E-state index < -0.39 is 22.5 Å². The summed E-state index contributed by atoms with van der Waals surface area (Å²) in [5.74, 6) is -0.193. The number of carbonyl (C=O) groups excluding carboxylic acids is 1. The molecule has 0 amide bonds. The Hall–Kier alpha value is -2.00. The van der Waals surface area contributed by atoms with E-state index in [1.165, 1.54) is 10.6 Å². The molecular formula is C18H19ClF3N3O3. The summed E-state index contributed by atoms with van der Waals surface area (Å²) >= 11 is 5.85. The van der Waals surface area contributed by atoms with Crippen LogP contribution in [0, 0.1) is 0 Å². The maximum atomic E-state index is 13.1. The number of rotatable bonds is 2. The van der Waals surface area contributed by atoms with E-state index in [0.717, 1.165) is 12.5 Å². The molecule has 3 heterocycles. The van der Waals surface area contributed by atoms with Crippen molar-refractivity contribution in [1.82, 2.24) is 14.5 Å². The summed E-state index contributed by atoms with van der Waals surface area (Å²) in [5.41, 5.74) is -0.902. The molecule has 0 radical (unpaired) electrons. The van der Waals surface area contributed by atoms with Gasteiger partial charge in [0.25, 0.3) is 0 Å². The Morgan fingerprint density at radius 2 is 1.82 bits per heavy atom. The zero-order valence-electron chi connectivity index (χ0n) is 14.9. The van der Waals surface area contributed by atoms with Gasteiger partial charge < -0.3 is 9.72 Å². The second-order valence-electron chi connectivity index (χ2n) is 7.28. The molecule has 0 spiro atoms. The standard InChI is InChI=1S/C18H19ClF3N3O3/c19-13-9-15-14(8-12(13)18(20,21)22)23-17(27)25(15)10-1-4-24(5-2-10)11-3-6-28-16(26)7-11/h8-11H,1-7H2,(H,23,27). The van der Waals surface area contributed by atoms with Crippen LogP contribution in [-0.2, 0) is 15.7 Å². The summed E-state index contributed by atoms with van der Waals surface area (Å²) in [4.78, 5) is 28.7. The van der Waals surface area contributed by atoms with Gasteiger partial charge in [-0.2, -0.15) is 13.2 Å². The lowest BCUT2D eigenvalue weighted by atomic mass is 9.99. The smallest absolute Gasteiger partial charge is 0.417 e. The van der Waals surface area contributed by atoms with Gasteiger partial charge in [0.05, 0.1) is 34.6 Å². The number of ether oxygens (including phenoxy) is 1. The fourth-order valence-corrected chi connectivity index (χ4v) is 4.47. The van der Waals surface area contributed by atoms with Crippen LogP contribution in [0.3, 0.4) is 0 Å². The number of piperidine rings is 1. The fraction of sp³-hybridized carbons (Fsp3) is 0.556. The number of nitrogens with one attached hydrogen (secondary N) is 1. The molecule has 2 aromatic rings. The molecule has 4 rings (SSSR count). The first-order valence-electron chi connectivity index (χ1n) is 9.14. The van der Waals surface area contributed by atoms with Crippen LogP contribution in [0.15, 0.2) is 16.9 Å². The fourth-order valence-electron chi connectivity index (χ4n) is 4.21. The number of aromatic amines is 1. The van der Waals surface area contributed by atoms with Crippen molar-refractivity contribution in [2.75, 3.05) is 19.7 Å². The third-order valence-corrected chi connectivity index (χ3v) is 5.92. The van der Waals surface area contributed by atoms with E-state index >= 15 is 0 Å². The quantitative estimate of drug-likeness (QED) is 0.761. The van der Waals surface area contributed by atoms with Gasteiger partial charge in [-0.05, 0) is 31.4 Å². The van der Waals surface area contributed by atoms with Crippen LogP contribution >= 0.6 is 11.6 Å². The maximum absolute atomic E-state index is 13.1. The van der Waals surface area contributed by atoms with Crippen molar-refractivity contribution in [1.29, 1.82) is 0 Å². The predicted octanol–water partition coefficient (Wildman–Crippen LogP) is 3.34. The van der Waals surface area contributed by atoms with Crippen molar-refractivity contribution >= 4 is 28.6 Å². The SMILES string of the molecule is O=C1CC(N2CCC(n3c(=O)[nH]c4cc(C(F)(F)F)c(Cl)cc43)CC2)CCO1. The summed E-state index contributed by atoms with van der Waals surface area (Å²) in [6.45, 7) is 1.83. The van der Waals surface area contributed by atoms with Gasteiger partial charge in [-0.1, -0.05) is 11.6 Å². The number of H-pyrrole nitrogens is 1. The number of esters is 1. The third kappa shape index (κ3) is 3.53. The van der Waals surface area contributed by atoms with E-state index in [9.17, 15) is 22.8 Å². The number of alkyl halides is 3. The molecule has 1 N–H and O–H groups in total. The number of cyclic esters (lactones) is 1. The molecule has 0 saturated carbocycles. The first kappa shape index (κ1) is 19.3. The number of hydrogen-bond donors (Lipinski definition) is 1. The molecule has 2 saturated heterocycles. The van der Waals surface area contributed by atoms with Crippen LogP contribution in [0.4, 0.5) is 13.2 Å². The Morgan fingerprint density at radius 1 is 1.11 bits per heavy atom. The van der Waals surface area contributed by atoms with Gasteiger partial charge in [0, 0.05) is 25.2 Å². The molecule has 2 fully saturated rings. The van der Waals surface area contributed by atoms with Gasteiger partial charge in [-0.15, -0.1) is 0 Å². The van der Waals surface area contributed by atoms with E-state index in [1.54, 1.807) is 0 Å². The number of nitrogens with zero attached hydrogens (tertiary/aromatic N) is 2. The molecule has 0 bridgehead atoms.